The first kappa shape index (κ1) is 23.6. The number of likely N-dealkylation sites (tertiary alicyclic amines) is 1. The highest BCUT2D eigenvalue weighted by Crippen LogP contribution is 2.24. The van der Waals surface area contributed by atoms with E-state index in [9.17, 15) is 8.78 Å². The maximum absolute atomic E-state index is 13.0. The summed E-state index contributed by atoms with van der Waals surface area (Å²) >= 11 is 0. The van der Waals surface area contributed by atoms with Crippen molar-refractivity contribution in [3.05, 3.63) is 42.4 Å². The van der Waals surface area contributed by atoms with Gasteiger partial charge in [-0.2, -0.15) is 8.78 Å². The van der Waals surface area contributed by atoms with Gasteiger partial charge in [0.1, 0.15) is 18.1 Å². The number of imidazole rings is 1. The number of hydrogen-bond donors (Lipinski definition) is 2. The van der Waals surface area contributed by atoms with Crippen molar-refractivity contribution in [2.24, 2.45) is 4.99 Å². The van der Waals surface area contributed by atoms with E-state index in [1.165, 1.54) is 31.7 Å². The second-order valence-corrected chi connectivity index (χ2v) is 6.73. The van der Waals surface area contributed by atoms with E-state index >= 15 is 0 Å². The fourth-order valence-electron chi connectivity index (χ4n) is 3.45. The molecule has 29 heavy (non-hydrogen) atoms. The molecule has 0 aromatic carbocycles. The summed E-state index contributed by atoms with van der Waals surface area (Å²) in [5.74, 6) is 1.71. The third-order valence-electron chi connectivity index (χ3n) is 4.85. The monoisotopic (exact) mass is 522 g/mol. The second kappa shape index (κ2) is 12.1. The Morgan fingerprint density at radius 3 is 2.72 bits per heavy atom. The number of guanidine groups is 1. The molecule has 0 bridgehead atoms. The van der Waals surface area contributed by atoms with Gasteiger partial charge in [0, 0.05) is 25.5 Å². The summed E-state index contributed by atoms with van der Waals surface area (Å²) in [6, 6.07) is 3.99. The quantitative estimate of drug-likeness (QED) is 0.314. The number of furan rings is 1. The van der Waals surface area contributed by atoms with E-state index in [0.29, 0.717) is 19.0 Å². The number of aliphatic imine (C=N–C) groups is 1. The minimum atomic E-state index is -2.62. The van der Waals surface area contributed by atoms with Crippen molar-refractivity contribution in [3.8, 4) is 0 Å². The molecule has 1 atom stereocenters. The lowest BCUT2D eigenvalue weighted by Crippen LogP contribution is -2.44. The minimum Gasteiger partial charge on any atom is -0.468 e. The highest BCUT2D eigenvalue weighted by Gasteiger charge is 2.24. The third-order valence-corrected chi connectivity index (χ3v) is 4.85. The van der Waals surface area contributed by atoms with Gasteiger partial charge >= 0.3 is 6.55 Å². The molecular formula is C19H29F2IN6O. The van der Waals surface area contributed by atoms with Crippen LogP contribution in [-0.2, 0) is 6.54 Å². The minimum absolute atomic E-state index is 0. The van der Waals surface area contributed by atoms with Gasteiger partial charge in [-0.1, -0.05) is 6.42 Å². The Hall–Kier alpha value is -1.69. The SMILES string of the molecule is CCNC(=NCc1nccn1C(F)F)NCC(c1ccco1)N1CCCCC1.I. The van der Waals surface area contributed by atoms with Crippen LogP contribution in [0.4, 0.5) is 8.78 Å². The first-order chi connectivity index (χ1) is 13.7. The summed E-state index contributed by atoms with van der Waals surface area (Å²) in [6.45, 7) is 2.77. The van der Waals surface area contributed by atoms with Crippen LogP contribution < -0.4 is 10.6 Å². The van der Waals surface area contributed by atoms with Crippen molar-refractivity contribution in [1.82, 2.24) is 25.1 Å². The van der Waals surface area contributed by atoms with Crippen LogP contribution in [-0.4, -0.2) is 46.6 Å². The molecule has 3 rings (SSSR count). The van der Waals surface area contributed by atoms with Gasteiger partial charge in [-0.15, -0.1) is 24.0 Å². The first-order valence-corrected chi connectivity index (χ1v) is 9.78. The normalized spacial score (nSPS) is 16.5. The van der Waals surface area contributed by atoms with Crippen molar-refractivity contribution in [3.63, 3.8) is 0 Å². The third kappa shape index (κ3) is 6.66. The molecule has 1 fully saturated rings. The lowest BCUT2D eigenvalue weighted by atomic mass is 10.1. The molecular weight excluding hydrogens is 493 g/mol. The Labute approximate surface area is 187 Å². The summed E-state index contributed by atoms with van der Waals surface area (Å²) < 4.78 is 32.4. The number of alkyl halides is 2. The molecule has 3 heterocycles. The first-order valence-electron chi connectivity index (χ1n) is 9.78. The molecule has 0 radical (unpaired) electrons. The summed E-state index contributed by atoms with van der Waals surface area (Å²) in [7, 11) is 0. The maximum atomic E-state index is 13.0. The Morgan fingerprint density at radius 1 is 1.28 bits per heavy atom. The van der Waals surface area contributed by atoms with E-state index in [2.05, 4.69) is 25.5 Å². The second-order valence-electron chi connectivity index (χ2n) is 6.73. The highest BCUT2D eigenvalue weighted by atomic mass is 127. The fraction of sp³-hybridized carbons (Fsp3) is 0.579. The van der Waals surface area contributed by atoms with Crippen LogP contribution in [0.15, 0.2) is 40.2 Å². The number of nitrogens with one attached hydrogen (secondary N) is 2. The van der Waals surface area contributed by atoms with Gasteiger partial charge in [0.25, 0.3) is 0 Å². The van der Waals surface area contributed by atoms with Crippen LogP contribution in [0.2, 0.25) is 0 Å². The average Bonchev–Trinajstić information content (AvgIpc) is 3.39. The van der Waals surface area contributed by atoms with Crippen molar-refractivity contribution in [1.29, 1.82) is 0 Å². The molecule has 2 aromatic heterocycles. The Balaban J connectivity index is 0.00000300. The predicted octanol–water partition coefficient (Wildman–Crippen LogP) is 3.77. The largest absolute Gasteiger partial charge is 0.468 e. The zero-order valence-corrected chi connectivity index (χ0v) is 18.9. The molecule has 0 saturated carbocycles. The van der Waals surface area contributed by atoms with Gasteiger partial charge < -0.3 is 15.1 Å². The van der Waals surface area contributed by atoms with E-state index in [0.717, 1.165) is 23.4 Å². The molecule has 1 unspecified atom stereocenters. The number of hydrogen-bond acceptors (Lipinski definition) is 4. The van der Waals surface area contributed by atoms with E-state index < -0.39 is 6.55 Å². The van der Waals surface area contributed by atoms with Crippen LogP contribution in [0.5, 0.6) is 0 Å². The molecule has 2 N–H and O–H groups in total. The maximum Gasteiger partial charge on any atom is 0.319 e. The molecule has 7 nitrogen and oxygen atoms in total. The van der Waals surface area contributed by atoms with Crippen LogP contribution in [0.3, 0.4) is 0 Å². The van der Waals surface area contributed by atoms with Gasteiger partial charge in [-0.05, 0) is 45.0 Å². The molecule has 162 valence electrons. The average molecular weight is 522 g/mol. The predicted molar refractivity (Wildman–Crippen MR) is 119 cm³/mol. The lowest BCUT2D eigenvalue weighted by molar-refractivity contribution is 0.0671. The van der Waals surface area contributed by atoms with Crippen LogP contribution >= 0.6 is 24.0 Å². The Bertz CT molecular complexity index is 731. The smallest absolute Gasteiger partial charge is 0.319 e. The zero-order chi connectivity index (χ0) is 19.8. The van der Waals surface area contributed by atoms with E-state index in [4.69, 9.17) is 4.42 Å². The van der Waals surface area contributed by atoms with Crippen molar-refractivity contribution in [2.75, 3.05) is 26.2 Å². The topological polar surface area (TPSA) is 70.6 Å². The number of aromatic nitrogens is 2. The van der Waals surface area contributed by atoms with E-state index in [1.807, 2.05) is 19.1 Å². The number of halogens is 3. The van der Waals surface area contributed by atoms with Crippen LogP contribution in [0.25, 0.3) is 0 Å². The summed E-state index contributed by atoms with van der Waals surface area (Å²) in [6.07, 6.45) is 7.94. The van der Waals surface area contributed by atoms with Crippen molar-refractivity contribution < 1.29 is 13.2 Å². The fourth-order valence-corrected chi connectivity index (χ4v) is 3.45. The van der Waals surface area contributed by atoms with E-state index in [-0.39, 0.29) is 42.4 Å². The van der Waals surface area contributed by atoms with Crippen LogP contribution in [0, 0.1) is 0 Å². The number of nitrogens with zero attached hydrogens (tertiary/aromatic N) is 4. The highest BCUT2D eigenvalue weighted by molar-refractivity contribution is 14.0. The number of rotatable bonds is 8. The molecule has 0 amide bonds. The standard InChI is InChI=1S/C19H28F2N6O.HI/c1-2-22-19(25-14-17-23-8-11-27(17)18(20)21)24-13-15(16-7-6-12-28-16)26-9-4-3-5-10-26;/h6-8,11-12,15,18H,2-5,9-10,13-14H2,1H3,(H2,22,24,25);1H. The Kier molecular flexibility index (Phi) is 9.85. The summed E-state index contributed by atoms with van der Waals surface area (Å²) in [5.41, 5.74) is 0. The molecule has 1 saturated heterocycles. The molecule has 10 heteroatoms. The molecule has 1 aliphatic heterocycles. The lowest BCUT2D eigenvalue weighted by Gasteiger charge is -2.33. The summed E-state index contributed by atoms with van der Waals surface area (Å²) in [5, 5.41) is 6.49. The van der Waals surface area contributed by atoms with Crippen molar-refractivity contribution >= 4 is 29.9 Å². The molecule has 0 aliphatic carbocycles. The van der Waals surface area contributed by atoms with E-state index in [1.54, 1.807) is 6.26 Å². The van der Waals surface area contributed by atoms with Gasteiger partial charge in [-0.3, -0.25) is 9.47 Å². The molecule has 1 aliphatic rings. The summed E-state index contributed by atoms with van der Waals surface area (Å²) in [4.78, 5) is 10.8. The van der Waals surface area contributed by atoms with Crippen molar-refractivity contribution in [2.45, 2.75) is 45.3 Å². The molecule has 0 spiro atoms. The van der Waals surface area contributed by atoms with Gasteiger partial charge in [-0.25, -0.2) is 9.98 Å². The molecule has 2 aromatic rings. The Morgan fingerprint density at radius 2 is 2.07 bits per heavy atom. The van der Waals surface area contributed by atoms with Crippen LogP contribution in [0.1, 0.15) is 50.4 Å². The van der Waals surface area contributed by atoms with Gasteiger partial charge in [0.15, 0.2) is 5.96 Å². The number of piperidine rings is 1. The zero-order valence-electron chi connectivity index (χ0n) is 16.6. The van der Waals surface area contributed by atoms with Gasteiger partial charge in [0.05, 0.1) is 12.3 Å². The van der Waals surface area contributed by atoms with Gasteiger partial charge in [0.2, 0.25) is 0 Å².